The number of rotatable bonds is 2. The first kappa shape index (κ1) is 13.8. The highest BCUT2D eigenvalue weighted by atomic mass is 32.1. The summed E-state index contributed by atoms with van der Waals surface area (Å²) in [4.78, 5) is 11.5. The van der Waals surface area contributed by atoms with Gasteiger partial charge >= 0.3 is 0 Å². The molecular formula is C15H21N3OS. The van der Waals surface area contributed by atoms with E-state index in [0.717, 1.165) is 47.6 Å². The Labute approximate surface area is 123 Å². The number of anilines is 1. The normalized spacial score (nSPS) is 27.1. The van der Waals surface area contributed by atoms with Crippen molar-refractivity contribution in [1.29, 1.82) is 0 Å². The van der Waals surface area contributed by atoms with E-state index in [0.29, 0.717) is 5.82 Å². The van der Waals surface area contributed by atoms with Crippen LogP contribution in [0.4, 0.5) is 5.82 Å². The number of nitrogens with zero attached hydrogens (tertiary/aromatic N) is 2. The van der Waals surface area contributed by atoms with Crippen molar-refractivity contribution in [2.24, 2.45) is 5.92 Å². The molecule has 1 aliphatic carbocycles. The zero-order valence-corrected chi connectivity index (χ0v) is 13.1. The van der Waals surface area contributed by atoms with Crippen LogP contribution in [0.5, 0.6) is 0 Å². The molecule has 2 N–H and O–H groups in total. The van der Waals surface area contributed by atoms with E-state index in [2.05, 4.69) is 24.9 Å². The van der Waals surface area contributed by atoms with Gasteiger partial charge in [0.25, 0.3) is 0 Å². The van der Waals surface area contributed by atoms with Crippen molar-refractivity contribution in [3.8, 4) is 0 Å². The third kappa shape index (κ3) is 2.19. The second-order valence-electron chi connectivity index (χ2n) is 5.89. The molecule has 0 aromatic carbocycles. The third-order valence-corrected chi connectivity index (χ3v) is 5.37. The number of aromatic nitrogens is 2. The van der Waals surface area contributed by atoms with Crippen molar-refractivity contribution >= 4 is 27.4 Å². The Bertz CT molecular complexity index is 629. The number of hydrogen-bond donors (Lipinski definition) is 1. The molecule has 0 atom stereocenters. The van der Waals surface area contributed by atoms with Gasteiger partial charge in [-0.3, -0.25) is 0 Å². The fourth-order valence-electron chi connectivity index (χ4n) is 3.02. The van der Waals surface area contributed by atoms with Crippen molar-refractivity contribution in [3.63, 3.8) is 0 Å². The van der Waals surface area contributed by atoms with Gasteiger partial charge in [-0.2, -0.15) is 0 Å². The number of hydrogen-bond acceptors (Lipinski definition) is 5. The highest BCUT2D eigenvalue weighted by Crippen LogP contribution is 2.42. The lowest BCUT2D eigenvalue weighted by Crippen LogP contribution is -2.35. The number of fused-ring (bicyclic) bond motifs is 1. The average Bonchev–Trinajstić information content (AvgIpc) is 2.81. The molecule has 0 aliphatic heterocycles. The van der Waals surface area contributed by atoms with Crippen LogP contribution in [0.25, 0.3) is 10.2 Å². The Hall–Kier alpha value is -1.20. The maximum atomic E-state index is 6.12. The second-order valence-corrected chi connectivity index (χ2v) is 7.12. The van der Waals surface area contributed by atoms with E-state index < -0.39 is 0 Å². The second kappa shape index (κ2) is 4.97. The summed E-state index contributed by atoms with van der Waals surface area (Å²) in [5.41, 5.74) is 5.76. The van der Waals surface area contributed by atoms with Crippen LogP contribution >= 0.6 is 11.3 Å². The van der Waals surface area contributed by atoms with Crippen LogP contribution in [0.15, 0.2) is 6.07 Å². The van der Waals surface area contributed by atoms with E-state index in [1.54, 1.807) is 18.4 Å². The SMILES string of the molecule is COC1(c2nc(N)c3cc(C)sc3n2)CCC(C)CC1. The molecule has 1 fully saturated rings. The lowest BCUT2D eigenvalue weighted by molar-refractivity contribution is -0.0593. The zero-order chi connectivity index (χ0) is 14.3. The molecule has 5 heteroatoms. The lowest BCUT2D eigenvalue weighted by atomic mass is 9.79. The molecule has 108 valence electrons. The van der Waals surface area contributed by atoms with E-state index >= 15 is 0 Å². The predicted molar refractivity (Wildman–Crippen MR) is 82.9 cm³/mol. The maximum absolute atomic E-state index is 6.12. The minimum absolute atomic E-state index is 0.354. The highest BCUT2D eigenvalue weighted by molar-refractivity contribution is 7.18. The molecule has 1 aliphatic rings. The van der Waals surface area contributed by atoms with Crippen LogP contribution in [0.2, 0.25) is 0 Å². The van der Waals surface area contributed by atoms with Crippen molar-refractivity contribution in [1.82, 2.24) is 9.97 Å². The number of nitrogens with two attached hydrogens (primary N) is 1. The first-order valence-electron chi connectivity index (χ1n) is 7.13. The summed E-state index contributed by atoms with van der Waals surface area (Å²) in [6.45, 7) is 4.36. The minimum Gasteiger partial charge on any atom is -0.383 e. The molecule has 0 bridgehead atoms. The molecule has 4 nitrogen and oxygen atoms in total. The van der Waals surface area contributed by atoms with Gasteiger partial charge in [0.15, 0.2) is 5.82 Å². The molecule has 2 aromatic rings. The standard InChI is InChI=1S/C15H21N3OS/c1-9-4-6-15(19-3,7-5-9)14-17-12(16)11-8-10(2)20-13(11)18-14/h8-9H,4-7H2,1-3H3,(H2,16,17,18). The molecule has 2 aromatic heterocycles. The molecule has 1 saturated carbocycles. The fourth-order valence-corrected chi connectivity index (χ4v) is 3.90. The van der Waals surface area contributed by atoms with Gasteiger partial charge in [-0.05, 0) is 44.6 Å². The molecule has 3 rings (SSSR count). The van der Waals surface area contributed by atoms with E-state index in [4.69, 9.17) is 15.5 Å². The van der Waals surface area contributed by atoms with Crippen LogP contribution in [0.1, 0.15) is 43.3 Å². The van der Waals surface area contributed by atoms with Gasteiger partial charge in [-0.15, -0.1) is 11.3 Å². The smallest absolute Gasteiger partial charge is 0.164 e. The molecule has 0 spiro atoms. The Balaban J connectivity index is 2.07. The molecular weight excluding hydrogens is 270 g/mol. The Kier molecular flexibility index (Phi) is 3.42. The number of thiophene rings is 1. The minimum atomic E-state index is -0.354. The Morgan fingerprint density at radius 1 is 1.35 bits per heavy atom. The Morgan fingerprint density at radius 2 is 2.05 bits per heavy atom. The first-order valence-corrected chi connectivity index (χ1v) is 7.95. The third-order valence-electron chi connectivity index (χ3n) is 4.43. The number of nitrogen functional groups attached to an aromatic ring is 1. The van der Waals surface area contributed by atoms with Crippen LogP contribution in [-0.2, 0) is 10.3 Å². The predicted octanol–water partition coefficient (Wildman–Crippen LogP) is 3.63. The number of ether oxygens (including phenoxy) is 1. The topological polar surface area (TPSA) is 61.0 Å². The van der Waals surface area contributed by atoms with E-state index in [1.807, 2.05) is 0 Å². The Morgan fingerprint density at radius 3 is 2.70 bits per heavy atom. The van der Waals surface area contributed by atoms with Gasteiger partial charge < -0.3 is 10.5 Å². The molecule has 0 radical (unpaired) electrons. The van der Waals surface area contributed by atoms with Crippen molar-refractivity contribution in [2.75, 3.05) is 12.8 Å². The van der Waals surface area contributed by atoms with Crippen LogP contribution < -0.4 is 5.73 Å². The van der Waals surface area contributed by atoms with Crippen LogP contribution in [0.3, 0.4) is 0 Å². The summed E-state index contributed by atoms with van der Waals surface area (Å²) in [6.07, 6.45) is 4.25. The summed E-state index contributed by atoms with van der Waals surface area (Å²) in [7, 11) is 1.76. The van der Waals surface area contributed by atoms with E-state index in [-0.39, 0.29) is 5.60 Å². The first-order chi connectivity index (χ1) is 9.54. The number of methoxy groups -OCH3 is 1. The summed E-state index contributed by atoms with van der Waals surface area (Å²) in [6, 6.07) is 2.06. The van der Waals surface area contributed by atoms with E-state index in [1.165, 1.54) is 4.88 Å². The zero-order valence-electron chi connectivity index (χ0n) is 12.3. The molecule has 0 unspecified atom stereocenters. The van der Waals surface area contributed by atoms with E-state index in [9.17, 15) is 0 Å². The van der Waals surface area contributed by atoms with Crippen LogP contribution in [-0.4, -0.2) is 17.1 Å². The van der Waals surface area contributed by atoms with Gasteiger partial charge in [0.1, 0.15) is 16.2 Å². The van der Waals surface area contributed by atoms with Gasteiger partial charge in [-0.1, -0.05) is 6.92 Å². The molecule has 0 saturated heterocycles. The van der Waals surface area contributed by atoms with Gasteiger partial charge in [0.2, 0.25) is 0 Å². The molecule has 20 heavy (non-hydrogen) atoms. The van der Waals surface area contributed by atoms with Gasteiger partial charge in [0.05, 0.1) is 5.39 Å². The average molecular weight is 291 g/mol. The van der Waals surface area contributed by atoms with Crippen molar-refractivity contribution in [2.45, 2.75) is 45.1 Å². The van der Waals surface area contributed by atoms with Gasteiger partial charge in [-0.25, -0.2) is 9.97 Å². The quantitative estimate of drug-likeness (QED) is 0.917. The lowest BCUT2D eigenvalue weighted by Gasteiger charge is -2.36. The largest absolute Gasteiger partial charge is 0.383 e. The maximum Gasteiger partial charge on any atom is 0.164 e. The monoisotopic (exact) mass is 291 g/mol. The summed E-state index contributed by atoms with van der Waals surface area (Å²) in [5.74, 6) is 2.09. The van der Waals surface area contributed by atoms with Crippen molar-refractivity contribution < 1.29 is 4.74 Å². The molecule has 0 amide bonds. The summed E-state index contributed by atoms with van der Waals surface area (Å²) in [5, 5.41) is 0.965. The number of aryl methyl sites for hydroxylation is 1. The fraction of sp³-hybridized carbons (Fsp3) is 0.600. The highest BCUT2D eigenvalue weighted by Gasteiger charge is 2.39. The summed E-state index contributed by atoms with van der Waals surface area (Å²) < 4.78 is 5.85. The molecule has 2 heterocycles. The van der Waals surface area contributed by atoms with Crippen LogP contribution in [0, 0.1) is 12.8 Å². The summed E-state index contributed by atoms with van der Waals surface area (Å²) >= 11 is 1.67. The van der Waals surface area contributed by atoms with Gasteiger partial charge in [0, 0.05) is 12.0 Å². The van der Waals surface area contributed by atoms with Crippen molar-refractivity contribution in [3.05, 3.63) is 16.8 Å².